The smallest absolute Gasteiger partial charge is 0.408 e. The van der Waals surface area contributed by atoms with E-state index in [1.807, 2.05) is 35.8 Å². The van der Waals surface area contributed by atoms with Crippen LogP contribution >= 0.6 is 0 Å². The van der Waals surface area contributed by atoms with E-state index < -0.39 is 5.76 Å². The average Bonchev–Trinajstić information content (AvgIpc) is 2.96. The number of oxazole rings is 1. The predicted molar refractivity (Wildman–Crippen MR) is 102 cm³/mol. The summed E-state index contributed by atoms with van der Waals surface area (Å²) in [6.07, 6.45) is 1.98. The molecule has 1 aromatic heterocycles. The molecule has 0 atom stereocenters. The summed E-state index contributed by atoms with van der Waals surface area (Å²) in [5.41, 5.74) is 2.05. The van der Waals surface area contributed by atoms with E-state index in [2.05, 4.69) is 0 Å². The van der Waals surface area contributed by atoms with Crippen molar-refractivity contribution in [2.45, 2.75) is 33.1 Å². The van der Waals surface area contributed by atoms with Crippen LogP contribution < -0.4 is 5.76 Å². The highest BCUT2D eigenvalue weighted by Crippen LogP contribution is 2.17. The van der Waals surface area contributed by atoms with Gasteiger partial charge < -0.3 is 14.2 Å². The monoisotopic (exact) mass is 373 g/mol. The fraction of sp³-hybridized carbons (Fsp3) is 0.550. The van der Waals surface area contributed by atoms with Gasteiger partial charge in [-0.1, -0.05) is 19.9 Å². The molecule has 3 rings (SSSR count). The van der Waals surface area contributed by atoms with Crippen molar-refractivity contribution in [1.82, 2.24) is 14.4 Å². The Hall–Kier alpha value is -2.57. The van der Waals surface area contributed by atoms with Crippen LogP contribution in [0.3, 0.4) is 0 Å². The summed E-state index contributed by atoms with van der Waals surface area (Å²) in [4.78, 5) is 40.4. The topological polar surface area (TPSA) is 75.8 Å². The van der Waals surface area contributed by atoms with Crippen LogP contribution in [-0.2, 0) is 23.1 Å². The van der Waals surface area contributed by atoms with Crippen LogP contribution in [0.25, 0.3) is 11.1 Å². The highest BCUT2D eigenvalue weighted by Gasteiger charge is 2.27. The van der Waals surface area contributed by atoms with Crippen LogP contribution in [0.5, 0.6) is 0 Å². The van der Waals surface area contributed by atoms with Gasteiger partial charge in [0.2, 0.25) is 11.8 Å². The van der Waals surface area contributed by atoms with Gasteiger partial charge in [0.05, 0.1) is 11.9 Å². The number of amides is 2. The van der Waals surface area contributed by atoms with Gasteiger partial charge in [0, 0.05) is 39.1 Å². The van der Waals surface area contributed by atoms with E-state index in [9.17, 15) is 14.4 Å². The van der Waals surface area contributed by atoms with E-state index in [-0.39, 0.29) is 24.2 Å². The molecule has 2 aromatic rings. The van der Waals surface area contributed by atoms with Crippen molar-refractivity contribution in [3.05, 3.63) is 34.3 Å². The Labute approximate surface area is 158 Å². The van der Waals surface area contributed by atoms with E-state index >= 15 is 0 Å². The zero-order valence-corrected chi connectivity index (χ0v) is 16.2. The SMILES string of the molecule is CCC(CC)C(=O)N1CCN(C(=O)Cc2ccc3oc(=O)n(C)c3c2)CC1. The molecule has 1 aliphatic rings. The summed E-state index contributed by atoms with van der Waals surface area (Å²) < 4.78 is 6.56. The minimum Gasteiger partial charge on any atom is -0.408 e. The standard InChI is InChI=1S/C20H27N3O4/c1-4-15(5-2)19(25)23-10-8-22(9-11-23)18(24)13-14-6-7-17-16(12-14)21(3)20(26)27-17/h6-7,12,15H,4-5,8-11,13H2,1-3H3. The van der Waals surface area contributed by atoms with Crippen molar-refractivity contribution < 1.29 is 14.0 Å². The first-order chi connectivity index (χ1) is 12.9. The molecule has 7 heteroatoms. The summed E-state index contributed by atoms with van der Waals surface area (Å²) in [6, 6.07) is 5.37. The molecular weight excluding hydrogens is 346 g/mol. The molecule has 1 aliphatic heterocycles. The molecule has 0 saturated carbocycles. The minimum absolute atomic E-state index is 0.0393. The lowest BCUT2D eigenvalue weighted by atomic mass is 10.0. The summed E-state index contributed by atoms with van der Waals surface area (Å²) in [6.45, 7) is 6.40. The summed E-state index contributed by atoms with van der Waals surface area (Å²) >= 11 is 0. The number of fused-ring (bicyclic) bond motifs is 1. The van der Waals surface area contributed by atoms with Crippen LogP contribution in [-0.4, -0.2) is 52.4 Å². The second-order valence-corrected chi connectivity index (χ2v) is 7.13. The first kappa shape index (κ1) is 19.2. The molecule has 2 amide bonds. The van der Waals surface area contributed by atoms with E-state index in [1.165, 1.54) is 4.57 Å². The Bertz CT molecular complexity index is 886. The summed E-state index contributed by atoms with van der Waals surface area (Å²) in [5, 5.41) is 0. The molecule has 1 saturated heterocycles. The molecule has 0 N–H and O–H groups in total. The van der Waals surface area contributed by atoms with Gasteiger partial charge in [0.15, 0.2) is 5.58 Å². The first-order valence-corrected chi connectivity index (χ1v) is 9.59. The molecule has 0 spiro atoms. The molecule has 7 nitrogen and oxygen atoms in total. The average molecular weight is 373 g/mol. The molecule has 27 heavy (non-hydrogen) atoms. The van der Waals surface area contributed by atoms with Gasteiger partial charge in [0.1, 0.15) is 0 Å². The third kappa shape index (κ3) is 3.91. The van der Waals surface area contributed by atoms with Gasteiger partial charge in [0.25, 0.3) is 0 Å². The maximum atomic E-state index is 12.6. The number of benzene rings is 1. The lowest BCUT2D eigenvalue weighted by Gasteiger charge is -2.36. The third-order valence-electron chi connectivity index (χ3n) is 5.49. The zero-order valence-electron chi connectivity index (χ0n) is 16.2. The number of rotatable bonds is 5. The maximum absolute atomic E-state index is 12.6. The van der Waals surface area contributed by atoms with Gasteiger partial charge in [-0.2, -0.15) is 0 Å². The molecule has 0 unspecified atom stereocenters. The Morgan fingerprint density at radius 2 is 1.70 bits per heavy atom. The molecule has 0 radical (unpaired) electrons. The first-order valence-electron chi connectivity index (χ1n) is 9.59. The quantitative estimate of drug-likeness (QED) is 0.801. The van der Waals surface area contributed by atoms with Crippen LogP contribution in [0.2, 0.25) is 0 Å². The summed E-state index contributed by atoms with van der Waals surface area (Å²) in [5.74, 6) is -0.0804. The van der Waals surface area contributed by atoms with Crippen molar-refractivity contribution in [2.24, 2.45) is 13.0 Å². The second-order valence-electron chi connectivity index (χ2n) is 7.13. The Balaban J connectivity index is 1.61. The van der Waals surface area contributed by atoms with Crippen molar-refractivity contribution in [2.75, 3.05) is 26.2 Å². The van der Waals surface area contributed by atoms with E-state index in [1.54, 1.807) is 13.1 Å². The van der Waals surface area contributed by atoms with Crippen LogP contribution in [0.15, 0.2) is 27.4 Å². The van der Waals surface area contributed by atoms with Gasteiger partial charge >= 0.3 is 5.76 Å². The highest BCUT2D eigenvalue weighted by atomic mass is 16.4. The third-order valence-corrected chi connectivity index (χ3v) is 5.49. The van der Waals surface area contributed by atoms with E-state index in [4.69, 9.17) is 4.42 Å². The van der Waals surface area contributed by atoms with E-state index in [0.717, 1.165) is 18.4 Å². The lowest BCUT2D eigenvalue weighted by molar-refractivity contribution is -0.142. The minimum atomic E-state index is -0.410. The maximum Gasteiger partial charge on any atom is 0.419 e. The molecule has 1 aromatic carbocycles. The largest absolute Gasteiger partial charge is 0.419 e. The number of aryl methyl sites for hydroxylation is 1. The molecule has 146 valence electrons. The van der Waals surface area contributed by atoms with Gasteiger partial charge in [-0.3, -0.25) is 14.2 Å². The predicted octanol–water partition coefficient (Wildman–Crippen LogP) is 1.78. The van der Waals surface area contributed by atoms with Crippen LogP contribution in [0.4, 0.5) is 0 Å². The van der Waals surface area contributed by atoms with Crippen molar-refractivity contribution in [3.8, 4) is 0 Å². The van der Waals surface area contributed by atoms with Crippen LogP contribution in [0.1, 0.15) is 32.3 Å². The fourth-order valence-corrected chi connectivity index (χ4v) is 3.64. The highest BCUT2D eigenvalue weighted by molar-refractivity contribution is 5.82. The zero-order chi connectivity index (χ0) is 19.6. The lowest BCUT2D eigenvalue weighted by Crippen LogP contribution is -2.52. The molecule has 1 fully saturated rings. The van der Waals surface area contributed by atoms with Gasteiger partial charge in [-0.05, 0) is 30.5 Å². The van der Waals surface area contributed by atoms with Gasteiger partial charge in [-0.15, -0.1) is 0 Å². The number of carbonyl (C=O) groups excluding carboxylic acids is 2. The molecule has 2 heterocycles. The van der Waals surface area contributed by atoms with Gasteiger partial charge in [-0.25, -0.2) is 4.79 Å². The number of nitrogens with zero attached hydrogens (tertiary/aromatic N) is 3. The number of carbonyl (C=O) groups is 2. The number of piperazine rings is 1. The number of hydrogen-bond acceptors (Lipinski definition) is 4. The fourth-order valence-electron chi connectivity index (χ4n) is 3.64. The summed E-state index contributed by atoms with van der Waals surface area (Å²) in [7, 11) is 1.65. The van der Waals surface area contributed by atoms with Crippen LogP contribution in [0, 0.1) is 5.92 Å². The van der Waals surface area contributed by atoms with Crippen molar-refractivity contribution >= 4 is 22.9 Å². The van der Waals surface area contributed by atoms with Crippen molar-refractivity contribution in [3.63, 3.8) is 0 Å². The normalized spacial score (nSPS) is 15.0. The Morgan fingerprint density at radius 3 is 2.33 bits per heavy atom. The number of hydrogen-bond donors (Lipinski definition) is 0. The Kier molecular flexibility index (Phi) is 5.68. The molecule has 0 aliphatic carbocycles. The number of aromatic nitrogens is 1. The molecule has 0 bridgehead atoms. The molecular formula is C20H27N3O4. The second kappa shape index (κ2) is 7.98. The Morgan fingerprint density at radius 1 is 1.07 bits per heavy atom. The van der Waals surface area contributed by atoms with E-state index in [0.29, 0.717) is 37.3 Å². The van der Waals surface area contributed by atoms with Crippen molar-refractivity contribution in [1.29, 1.82) is 0 Å².